The van der Waals surface area contributed by atoms with Gasteiger partial charge in [-0.2, -0.15) is 0 Å². The molecule has 4 aromatic carbocycles. The van der Waals surface area contributed by atoms with E-state index in [1.807, 2.05) is 66.4 Å². The molecule has 0 radical (unpaired) electrons. The van der Waals surface area contributed by atoms with E-state index in [2.05, 4.69) is 17.3 Å². The highest BCUT2D eigenvalue weighted by Crippen LogP contribution is 2.29. The Morgan fingerprint density at radius 2 is 1.64 bits per heavy atom. The molecule has 1 aliphatic rings. The van der Waals surface area contributed by atoms with Crippen molar-refractivity contribution in [1.29, 1.82) is 0 Å². The summed E-state index contributed by atoms with van der Waals surface area (Å²) >= 11 is 0. The molecule has 1 saturated heterocycles. The van der Waals surface area contributed by atoms with Gasteiger partial charge in [0.15, 0.2) is 0 Å². The monoisotopic (exact) mass is 608 g/mol. The van der Waals surface area contributed by atoms with Crippen molar-refractivity contribution in [3.05, 3.63) is 113 Å². The first-order valence-electron chi connectivity index (χ1n) is 15.0. The number of nitrogens with zero attached hydrogens (tertiary/aromatic N) is 3. The Hall–Kier alpha value is -5.02. The average Bonchev–Trinajstić information content (AvgIpc) is 3.07. The number of phenols is 1. The molecule has 0 bridgehead atoms. The lowest BCUT2D eigenvalue weighted by Gasteiger charge is -2.33. The number of amides is 2. The van der Waals surface area contributed by atoms with Crippen molar-refractivity contribution >= 4 is 23.2 Å². The largest absolute Gasteiger partial charge is 0.508 e. The van der Waals surface area contributed by atoms with Crippen molar-refractivity contribution in [3.63, 3.8) is 0 Å². The second kappa shape index (κ2) is 14.2. The lowest BCUT2D eigenvalue weighted by Crippen LogP contribution is -2.47. The van der Waals surface area contributed by atoms with E-state index in [1.54, 1.807) is 49.4 Å². The lowest BCUT2D eigenvalue weighted by molar-refractivity contribution is 0.0661. The predicted octanol–water partition coefficient (Wildman–Crippen LogP) is 5.56. The highest BCUT2D eigenvalue weighted by molar-refractivity contribution is 6.06. The summed E-state index contributed by atoms with van der Waals surface area (Å²) in [5.41, 5.74) is 5.19. The van der Waals surface area contributed by atoms with Gasteiger partial charge in [0, 0.05) is 67.7 Å². The quantitative estimate of drug-likeness (QED) is 0.243. The first-order chi connectivity index (χ1) is 21.7. The van der Waals surface area contributed by atoms with Crippen molar-refractivity contribution in [2.45, 2.75) is 20.1 Å². The van der Waals surface area contributed by atoms with Crippen LogP contribution in [0.5, 0.6) is 17.2 Å². The van der Waals surface area contributed by atoms with Crippen LogP contribution in [0.2, 0.25) is 0 Å². The number of anilines is 2. The number of hydrogen-bond acceptors (Lipinski definition) is 7. The summed E-state index contributed by atoms with van der Waals surface area (Å²) in [5, 5.41) is 13.3. The Morgan fingerprint density at radius 1 is 0.911 bits per heavy atom. The van der Waals surface area contributed by atoms with Gasteiger partial charge in [-0.15, -0.1) is 0 Å². The molecule has 9 heteroatoms. The molecular weight excluding hydrogens is 568 g/mol. The number of ether oxygens (including phenoxy) is 2. The molecule has 45 heavy (non-hydrogen) atoms. The van der Waals surface area contributed by atoms with Crippen molar-refractivity contribution in [1.82, 2.24) is 9.80 Å². The van der Waals surface area contributed by atoms with Crippen LogP contribution < -0.4 is 19.7 Å². The van der Waals surface area contributed by atoms with E-state index in [9.17, 15) is 14.7 Å². The summed E-state index contributed by atoms with van der Waals surface area (Å²) in [7, 11) is 5.34. The number of likely N-dealkylation sites (N-methyl/N-ethyl adjacent to an activating group) is 1. The zero-order chi connectivity index (χ0) is 31.9. The smallest absolute Gasteiger partial charge is 0.258 e. The van der Waals surface area contributed by atoms with Gasteiger partial charge in [-0.3, -0.25) is 9.59 Å². The number of piperazine rings is 1. The van der Waals surface area contributed by atoms with Crippen LogP contribution in [0, 0.1) is 6.92 Å². The third-order valence-corrected chi connectivity index (χ3v) is 8.12. The molecule has 0 aliphatic carbocycles. The molecule has 0 unspecified atom stereocenters. The minimum Gasteiger partial charge on any atom is -0.508 e. The molecule has 2 N–H and O–H groups in total. The molecule has 1 fully saturated rings. The Labute approximate surface area is 264 Å². The highest BCUT2D eigenvalue weighted by atomic mass is 16.5. The number of phenolic OH excluding ortho intramolecular Hbond substituents is 1. The average molecular weight is 609 g/mol. The molecule has 0 spiro atoms. The van der Waals surface area contributed by atoms with E-state index >= 15 is 0 Å². The number of methoxy groups -OCH3 is 1. The minimum absolute atomic E-state index is 0.0387. The number of carbonyl (C=O) groups excluding carboxylic acids is 2. The maximum Gasteiger partial charge on any atom is 0.258 e. The van der Waals surface area contributed by atoms with Crippen LogP contribution in [0.25, 0.3) is 0 Å². The normalized spacial score (nSPS) is 13.3. The van der Waals surface area contributed by atoms with E-state index in [4.69, 9.17) is 9.47 Å². The van der Waals surface area contributed by atoms with E-state index < -0.39 is 0 Å². The van der Waals surface area contributed by atoms with Crippen LogP contribution in [0.3, 0.4) is 0 Å². The number of hydrogen-bond donors (Lipinski definition) is 2. The Bertz CT molecular complexity index is 1650. The van der Waals surface area contributed by atoms with Gasteiger partial charge in [-0.05, 0) is 68.6 Å². The van der Waals surface area contributed by atoms with Crippen LogP contribution in [-0.4, -0.2) is 74.1 Å². The summed E-state index contributed by atoms with van der Waals surface area (Å²) in [4.78, 5) is 32.4. The Balaban J connectivity index is 1.22. The van der Waals surface area contributed by atoms with E-state index in [-0.39, 0.29) is 24.2 Å². The molecule has 0 saturated carbocycles. The zero-order valence-corrected chi connectivity index (χ0v) is 26.2. The summed E-state index contributed by atoms with van der Waals surface area (Å²) in [6.45, 7) is 5.81. The summed E-state index contributed by atoms with van der Waals surface area (Å²) in [6.07, 6.45) is 0. The molecule has 2 amide bonds. The maximum absolute atomic E-state index is 13.4. The Kier molecular flexibility index (Phi) is 9.89. The molecule has 5 rings (SSSR count). The fourth-order valence-corrected chi connectivity index (χ4v) is 5.25. The second-order valence-electron chi connectivity index (χ2n) is 11.3. The van der Waals surface area contributed by atoms with Gasteiger partial charge in [0.05, 0.1) is 12.8 Å². The minimum atomic E-state index is -0.194. The topological polar surface area (TPSA) is 94.6 Å². The summed E-state index contributed by atoms with van der Waals surface area (Å²) < 4.78 is 11.6. The van der Waals surface area contributed by atoms with Crippen LogP contribution in [-0.2, 0) is 13.2 Å². The van der Waals surface area contributed by atoms with E-state index in [0.29, 0.717) is 53.6 Å². The zero-order valence-electron chi connectivity index (χ0n) is 26.2. The van der Waals surface area contributed by atoms with Crippen LogP contribution in [0.4, 0.5) is 11.4 Å². The molecule has 0 atom stereocenters. The number of carbonyl (C=O) groups is 2. The third-order valence-electron chi connectivity index (χ3n) is 8.12. The molecule has 234 valence electrons. The number of aromatic hydroxyl groups is 1. The standard InChI is InChI=1S/C36H40N4O5/c1-25-9-10-28(31(21-25)36(43)40-19-17-38(2)18-20-40)24-45-30-14-12-29(13-15-30)39(3)35(42)26-11-16-32(34(22-26)44-4)37-23-27-7-5-6-8-33(27)41/h5-16,21-22,37,41H,17-20,23-24H2,1-4H3. The molecule has 1 heterocycles. The van der Waals surface area contributed by atoms with Gasteiger partial charge >= 0.3 is 0 Å². The SMILES string of the molecule is COc1cc(C(=O)N(C)c2ccc(OCc3ccc(C)cc3C(=O)N3CCN(C)CC3)cc2)ccc1NCc1ccccc1O. The van der Waals surface area contributed by atoms with Crippen LogP contribution >= 0.6 is 0 Å². The highest BCUT2D eigenvalue weighted by Gasteiger charge is 2.23. The van der Waals surface area contributed by atoms with Crippen LogP contribution in [0.1, 0.15) is 37.4 Å². The van der Waals surface area contributed by atoms with Crippen LogP contribution in [0.15, 0.2) is 84.9 Å². The molecule has 9 nitrogen and oxygen atoms in total. The number of nitrogens with one attached hydrogen (secondary N) is 1. The van der Waals surface area contributed by atoms with Gasteiger partial charge in [-0.1, -0.05) is 35.9 Å². The lowest BCUT2D eigenvalue weighted by atomic mass is 10.0. The number of para-hydroxylation sites is 1. The first kappa shape index (κ1) is 31.4. The van der Waals surface area contributed by atoms with Gasteiger partial charge < -0.3 is 34.6 Å². The fraction of sp³-hybridized carbons (Fsp3) is 0.278. The van der Waals surface area contributed by atoms with Crippen molar-refractivity contribution in [2.24, 2.45) is 0 Å². The van der Waals surface area contributed by atoms with Gasteiger partial charge in [0.25, 0.3) is 11.8 Å². The van der Waals surface area contributed by atoms with Crippen molar-refractivity contribution < 1.29 is 24.2 Å². The molecule has 1 aliphatic heterocycles. The molecular formula is C36H40N4O5. The first-order valence-corrected chi connectivity index (χ1v) is 15.0. The number of rotatable bonds is 10. The maximum atomic E-state index is 13.4. The molecule has 0 aromatic heterocycles. The summed E-state index contributed by atoms with van der Waals surface area (Å²) in [5.74, 6) is 1.22. The van der Waals surface area contributed by atoms with Crippen molar-refractivity contribution in [3.8, 4) is 17.2 Å². The van der Waals surface area contributed by atoms with Gasteiger partial charge in [0.1, 0.15) is 23.9 Å². The van der Waals surface area contributed by atoms with E-state index in [1.165, 1.54) is 0 Å². The number of aryl methyl sites for hydroxylation is 1. The Morgan fingerprint density at radius 3 is 2.36 bits per heavy atom. The van der Waals surface area contributed by atoms with Crippen molar-refractivity contribution in [2.75, 3.05) is 57.6 Å². The van der Waals surface area contributed by atoms with Gasteiger partial charge in [0.2, 0.25) is 0 Å². The summed E-state index contributed by atoms with van der Waals surface area (Å²) in [6, 6.07) is 25.6. The predicted molar refractivity (Wildman–Crippen MR) is 177 cm³/mol. The van der Waals surface area contributed by atoms with Gasteiger partial charge in [-0.25, -0.2) is 0 Å². The third kappa shape index (κ3) is 7.56. The van der Waals surface area contributed by atoms with E-state index in [0.717, 1.165) is 29.8 Å². The second-order valence-corrected chi connectivity index (χ2v) is 11.3. The fourth-order valence-electron chi connectivity index (χ4n) is 5.25. The number of benzene rings is 4. The molecule has 4 aromatic rings.